The van der Waals surface area contributed by atoms with Crippen LogP contribution in [-0.2, 0) is 10.2 Å². The summed E-state index contributed by atoms with van der Waals surface area (Å²) in [4.78, 5) is 28.8. The molecule has 39 heavy (non-hydrogen) atoms. The molecule has 0 saturated carbocycles. The van der Waals surface area contributed by atoms with Crippen molar-refractivity contribution in [3.63, 3.8) is 0 Å². The lowest BCUT2D eigenvalue weighted by atomic mass is 9.83. The van der Waals surface area contributed by atoms with Crippen LogP contribution in [0.2, 0.25) is 0 Å². The summed E-state index contributed by atoms with van der Waals surface area (Å²) in [5.74, 6) is -0.381. The van der Waals surface area contributed by atoms with Crippen molar-refractivity contribution in [2.24, 2.45) is 0 Å². The minimum Gasteiger partial charge on any atom is -0.505 e. The average molecular weight is 551 g/mol. The van der Waals surface area contributed by atoms with E-state index in [9.17, 15) is 19.1 Å². The first kappa shape index (κ1) is 25.7. The van der Waals surface area contributed by atoms with Gasteiger partial charge in [-0.3, -0.25) is 14.3 Å². The van der Waals surface area contributed by atoms with Gasteiger partial charge in [-0.05, 0) is 35.9 Å². The molecule has 2 aliphatic rings. The summed E-state index contributed by atoms with van der Waals surface area (Å²) in [5.41, 5.74) is 0.167. The average Bonchev–Trinajstić information content (AvgIpc) is 3.14. The highest BCUT2D eigenvalue weighted by atomic mass is 32.2. The molecular formula is C29H27FN2O6S. The zero-order valence-corrected chi connectivity index (χ0v) is 22.3. The summed E-state index contributed by atoms with van der Waals surface area (Å²) in [6, 6.07) is 13.1. The molecule has 10 heteroatoms. The van der Waals surface area contributed by atoms with Gasteiger partial charge >= 0.3 is 5.63 Å². The van der Waals surface area contributed by atoms with Crippen molar-refractivity contribution < 1.29 is 23.4 Å². The lowest BCUT2D eigenvalue weighted by Crippen LogP contribution is -2.38. The van der Waals surface area contributed by atoms with Gasteiger partial charge in [0.2, 0.25) is 0 Å². The molecule has 2 aliphatic heterocycles. The largest absolute Gasteiger partial charge is 0.505 e. The number of aromatic hydroxyl groups is 1. The monoisotopic (exact) mass is 550 g/mol. The third-order valence-corrected chi connectivity index (χ3v) is 8.48. The van der Waals surface area contributed by atoms with E-state index in [4.69, 9.17) is 13.9 Å². The molecule has 202 valence electrons. The van der Waals surface area contributed by atoms with Crippen molar-refractivity contribution >= 4 is 22.7 Å². The Morgan fingerprint density at radius 3 is 2.64 bits per heavy atom. The summed E-state index contributed by atoms with van der Waals surface area (Å²) in [5, 5.41) is 10.9. The Morgan fingerprint density at radius 2 is 1.87 bits per heavy atom. The van der Waals surface area contributed by atoms with Gasteiger partial charge in [0.05, 0.1) is 18.9 Å². The number of fused-ring (bicyclic) bond motifs is 4. The number of rotatable bonds is 6. The highest BCUT2D eigenvalue weighted by Gasteiger charge is 2.38. The number of ether oxygens (including phenoxy) is 2. The van der Waals surface area contributed by atoms with Gasteiger partial charge in [0.15, 0.2) is 5.75 Å². The molecule has 0 radical (unpaired) electrons. The zero-order chi connectivity index (χ0) is 27.3. The molecule has 2 aromatic carbocycles. The third-order valence-electron chi connectivity index (χ3n) is 7.36. The van der Waals surface area contributed by atoms with Crippen LogP contribution in [0.25, 0.3) is 16.7 Å². The topological polar surface area (TPSA) is 94.1 Å². The fourth-order valence-electron chi connectivity index (χ4n) is 5.22. The van der Waals surface area contributed by atoms with Crippen molar-refractivity contribution in [3.8, 4) is 17.2 Å². The molecule has 0 bridgehead atoms. The van der Waals surface area contributed by atoms with Crippen molar-refractivity contribution in [2.75, 3.05) is 39.5 Å². The van der Waals surface area contributed by atoms with Crippen molar-refractivity contribution in [1.29, 1.82) is 0 Å². The van der Waals surface area contributed by atoms with Gasteiger partial charge in [0, 0.05) is 41.7 Å². The Hall–Kier alpha value is -3.60. The van der Waals surface area contributed by atoms with E-state index >= 15 is 0 Å². The highest BCUT2D eigenvalue weighted by molar-refractivity contribution is 7.99. The van der Waals surface area contributed by atoms with Crippen molar-refractivity contribution in [2.45, 2.75) is 29.1 Å². The lowest BCUT2D eigenvalue weighted by molar-refractivity contribution is 0.0322. The van der Waals surface area contributed by atoms with E-state index in [2.05, 4.69) is 4.90 Å². The first-order valence-electron chi connectivity index (χ1n) is 12.7. The van der Waals surface area contributed by atoms with Crippen LogP contribution in [0.3, 0.4) is 0 Å². The molecule has 1 N–H and O–H groups in total. The number of hydrogen-bond acceptors (Lipinski definition) is 8. The van der Waals surface area contributed by atoms with Crippen molar-refractivity contribution in [3.05, 3.63) is 86.4 Å². The maximum absolute atomic E-state index is 14.2. The lowest BCUT2D eigenvalue weighted by Gasteiger charge is -2.26. The normalized spacial score (nSPS) is 16.3. The summed E-state index contributed by atoms with van der Waals surface area (Å²) in [6.07, 6.45) is 0. The van der Waals surface area contributed by atoms with Crippen LogP contribution in [-0.4, -0.2) is 54.0 Å². The summed E-state index contributed by atoms with van der Waals surface area (Å²) >= 11 is 0.723. The maximum atomic E-state index is 14.2. The number of aromatic nitrogens is 1. The molecule has 2 aromatic heterocycles. The van der Waals surface area contributed by atoms with Crippen LogP contribution in [0.5, 0.6) is 11.5 Å². The Kier molecular flexibility index (Phi) is 6.49. The standard InChI is InChI=1S/C29H27FN2O6S/c1-29(2)18-15-17(37-14-11-31-9-12-36-13-10-31)7-8-20(18)32-23(29)16-21-24(27(32)34)25(33)26(28(35)38-21)39-22-6-4-3-5-19(22)30/h3-8,15-16,33H,9-14H2,1-2H3. The molecule has 0 atom stereocenters. The van der Waals surface area contributed by atoms with Crippen LogP contribution in [0.1, 0.15) is 25.1 Å². The van der Waals surface area contributed by atoms with E-state index in [1.54, 1.807) is 12.1 Å². The first-order chi connectivity index (χ1) is 18.8. The van der Waals surface area contributed by atoms with Crippen LogP contribution < -0.4 is 15.9 Å². The van der Waals surface area contributed by atoms with Gasteiger partial charge in [-0.1, -0.05) is 37.7 Å². The van der Waals surface area contributed by atoms with Crippen LogP contribution in [0.15, 0.2) is 72.3 Å². The number of hydrogen-bond donors (Lipinski definition) is 1. The Bertz CT molecular complexity index is 1710. The molecule has 4 heterocycles. The van der Waals surface area contributed by atoms with E-state index in [0.717, 1.165) is 50.2 Å². The molecular weight excluding hydrogens is 523 g/mol. The molecule has 4 aromatic rings. The van der Waals surface area contributed by atoms with E-state index < -0.39 is 28.2 Å². The molecule has 0 amide bonds. The molecule has 0 unspecified atom stereocenters. The van der Waals surface area contributed by atoms with Gasteiger partial charge in [-0.15, -0.1) is 0 Å². The Balaban J connectivity index is 1.38. The second-order valence-electron chi connectivity index (χ2n) is 10.1. The summed E-state index contributed by atoms with van der Waals surface area (Å²) < 4.78 is 32.7. The van der Waals surface area contributed by atoms with Gasteiger partial charge in [-0.2, -0.15) is 0 Å². The number of morpholine rings is 1. The molecule has 6 rings (SSSR count). The van der Waals surface area contributed by atoms with Gasteiger partial charge < -0.3 is 19.0 Å². The number of benzene rings is 2. The smallest absolute Gasteiger partial charge is 0.354 e. The maximum Gasteiger partial charge on any atom is 0.354 e. The summed E-state index contributed by atoms with van der Waals surface area (Å²) in [7, 11) is 0. The highest BCUT2D eigenvalue weighted by Crippen LogP contribution is 2.45. The second-order valence-corrected chi connectivity index (χ2v) is 11.2. The minimum absolute atomic E-state index is 0.0190. The number of halogens is 1. The Morgan fingerprint density at radius 1 is 1.10 bits per heavy atom. The second kappa shape index (κ2) is 9.86. The number of nitrogens with zero attached hydrogens (tertiary/aromatic N) is 2. The van der Waals surface area contributed by atoms with E-state index in [1.165, 1.54) is 22.8 Å². The van der Waals surface area contributed by atoms with Crippen LogP contribution >= 0.6 is 11.8 Å². The number of pyridine rings is 1. The molecule has 0 spiro atoms. The van der Waals surface area contributed by atoms with Gasteiger partial charge in [0.25, 0.3) is 5.56 Å². The first-order valence-corrected chi connectivity index (χ1v) is 13.5. The van der Waals surface area contributed by atoms with E-state index in [0.29, 0.717) is 23.7 Å². The van der Waals surface area contributed by atoms with E-state index in [1.807, 2.05) is 32.0 Å². The van der Waals surface area contributed by atoms with Crippen LogP contribution in [0, 0.1) is 5.82 Å². The minimum atomic E-state index is -0.845. The SMILES string of the molecule is CC1(C)c2cc(OCCN3CCOCC3)ccc2-n2c1cc1oc(=O)c(Sc3ccccc3F)c(O)c1c2=O. The van der Waals surface area contributed by atoms with Gasteiger partial charge in [-0.25, -0.2) is 9.18 Å². The van der Waals surface area contributed by atoms with Crippen molar-refractivity contribution in [1.82, 2.24) is 9.47 Å². The molecule has 0 aliphatic carbocycles. The quantitative estimate of drug-likeness (QED) is 0.380. The predicted octanol–water partition coefficient (Wildman–Crippen LogP) is 4.29. The fraction of sp³-hybridized carbons (Fsp3) is 0.310. The molecule has 1 fully saturated rings. The molecule has 1 saturated heterocycles. The van der Waals surface area contributed by atoms with Crippen LogP contribution in [0.4, 0.5) is 4.39 Å². The Labute approximate surface area is 227 Å². The summed E-state index contributed by atoms with van der Waals surface area (Å²) in [6.45, 7) is 8.51. The fourth-order valence-corrected chi connectivity index (χ4v) is 6.08. The van der Waals surface area contributed by atoms with Gasteiger partial charge in [0.1, 0.15) is 34.0 Å². The predicted molar refractivity (Wildman–Crippen MR) is 145 cm³/mol. The zero-order valence-electron chi connectivity index (χ0n) is 21.5. The molecule has 8 nitrogen and oxygen atoms in total. The van der Waals surface area contributed by atoms with E-state index in [-0.39, 0.29) is 20.8 Å². The third kappa shape index (κ3) is 4.42.